The lowest BCUT2D eigenvalue weighted by Gasteiger charge is -2.15. The average Bonchev–Trinajstić information content (AvgIpc) is 1.98. The molecule has 0 aliphatic heterocycles. The predicted octanol–water partition coefficient (Wildman–Crippen LogP) is 3.17. The predicted molar refractivity (Wildman–Crippen MR) is 60.5 cm³/mol. The van der Waals surface area contributed by atoms with E-state index in [1.54, 1.807) is 0 Å². The van der Waals surface area contributed by atoms with Gasteiger partial charge in [0.05, 0.1) is 24.4 Å². The lowest BCUT2D eigenvalue weighted by molar-refractivity contribution is 0.0366. The van der Waals surface area contributed by atoms with Gasteiger partial charge in [-0.1, -0.05) is 12.2 Å². The molecule has 2 nitrogen and oxygen atoms in total. The first-order valence-electron chi connectivity index (χ1n) is 5.41. The third kappa shape index (κ3) is 8.27. The Bertz CT molecular complexity index is 144. The van der Waals surface area contributed by atoms with Gasteiger partial charge < -0.3 is 9.47 Å². The van der Waals surface area contributed by atoms with Crippen molar-refractivity contribution < 1.29 is 9.47 Å². The molecule has 0 radical (unpaired) electrons. The lowest BCUT2D eigenvalue weighted by atomic mass is 10.3. The number of hydrogen-bond donors (Lipinski definition) is 0. The first-order valence-corrected chi connectivity index (χ1v) is 5.41. The van der Waals surface area contributed by atoms with Gasteiger partial charge in [-0.05, 0) is 41.5 Å². The highest BCUT2D eigenvalue weighted by atomic mass is 16.5. The Kier molecular flexibility index (Phi) is 6.85. The van der Waals surface area contributed by atoms with E-state index in [-0.39, 0.29) is 24.4 Å². The summed E-state index contributed by atoms with van der Waals surface area (Å²) in [5, 5.41) is 0. The van der Waals surface area contributed by atoms with Gasteiger partial charge in [0.25, 0.3) is 0 Å². The fourth-order valence-corrected chi connectivity index (χ4v) is 1.26. The van der Waals surface area contributed by atoms with Crippen LogP contribution >= 0.6 is 0 Å². The Morgan fingerprint density at radius 1 is 0.643 bits per heavy atom. The van der Waals surface area contributed by atoms with Crippen LogP contribution in [0.25, 0.3) is 0 Å². The Hall–Kier alpha value is -0.340. The van der Waals surface area contributed by atoms with Crippen molar-refractivity contribution in [2.45, 2.75) is 66.0 Å². The highest BCUT2D eigenvalue weighted by Gasteiger charge is 2.03. The summed E-state index contributed by atoms with van der Waals surface area (Å²) in [6, 6.07) is 0. The van der Waals surface area contributed by atoms with Crippen LogP contribution in [-0.4, -0.2) is 24.4 Å². The van der Waals surface area contributed by atoms with E-state index in [1.165, 1.54) is 0 Å². The molecule has 0 aromatic rings. The maximum Gasteiger partial charge on any atom is 0.0732 e. The van der Waals surface area contributed by atoms with E-state index >= 15 is 0 Å². The monoisotopic (exact) mass is 200 g/mol. The van der Waals surface area contributed by atoms with Crippen LogP contribution in [0.1, 0.15) is 41.5 Å². The molecule has 0 saturated heterocycles. The number of rotatable bonds is 6. The summed E-state index contributed by atoms with van der Waals surface area (Å²) < 4.78 is 11.1. The van der Waals surface area contributed by atoms with Gasteiger partial charge in [-0.3, -0.25) is 0 Å². The minimum atomic E-state index is 0.160. The molecule has 0 bridgehead atoms. The molecular weight excluding hydrogens is 176 g/mol. The highest BCUT2D eigenvalue weighted by molar-refractivity contribution is 4.92. The fourth-order valence-electron chi connectivity index (χ4n) is 1.26. The van der Waals surface area contributed by atoms with Gasteiger partial charge in [0.15, 0.2) is 0 Å². The Morgan fingerprint density at radius 2 is 0.929 bits per heavy atom. The number of ether oxygens (including phenoxy) is 2. The molecular formula is C12H24O2. The quantitative estimate of drug-likeness (QED) is 0.613. The highest BCUT2D eigenvalue weighted by Crippen LogP contribution is 2.03. The van der Waals surface area contributed by atoms with Crippen molar-refractivity contribution >= 4 is 0 Å². The van der Waals surface area contributed by atoms with Crippen molar-refractivity contribution in [3.63, 3.8) is 0 Å². The molecule has 0 aliphatic rings. The van der Waals surface area contributed by atoms with E-state index < -0.39 is 0 Å². The molecule has 0 fully saturated rings. The van der Waals surface area contributed by atoms with Crippen LogP contribution in [0, 0.1) is 0 Å². The van der Waals surface area contributed by atoms with Gasteiger partial charge in [0.2, 0.25) is 0 Å². The SMILES string of the molecule is CC(C)OC(C)/C=C/C(C)OC(C)C. The molecule has 0 aliphatic carbocycles. The van der Waals surface area contributed by atoms with Gasteiger partial charge in [0, 0.05) is 0 Å². The molecule has 0 saturated carbocycles. The van der Waals surface area contributed by atoms with Crippen molar-refractivity contribution in [3.05, 3.63) is 12.2 Å². The van der Waals surface area contributed by atoms with Crippen molar-refractivity contribution in [2.24, 2.45) is 0 Å². The first-order chi connectivity index (χ1) is 6.41. The average molecular weight is 200 g/mol. The molecule has 14 heavy (non-hydrogen) atoms. The molecule has 0 amide bonds. The van der Waals surface area contributed by atoms with Gasteiger partial charge in [0.1, 0.15) is 0 Å². The van der Waals surface area contributed by atoms with Gasteiger partial charge in [-0.25, -0.2) is 0 Å². The summed E-state index contributed by atoms with van der Waals surface area (Å²) in [4.78, 5) is 0. The summed E-state index contributed by atoms with van der Waals surface area (Å²) in [7, 11) is 0. The Balaban J connectivity index is 3.78. The maximum absolute atomic E-state index is 5.56. The molecule has 2 atom stereocenters. The second-order valence-electron chi connectivity index (χ2n) is 4.16. The van der Waals surface area contributed by atoms with Crippen molar-refractivity contribution in [3.8, 4) is 0 Å². The summed E-state index contributed by atoms with van der Waals surface area (Å²) in [6.07, 6.45) is 4.97. The standard InChI is InChI=1S/C12H24O2/c1-9(2)13-11(5)7-8-12(6)14-10(3)4/h7-12H,1-6H3/b8-7+. The summed E-state index contributed by atoms with van der Waals surface area (Å²) in [5.74, 6) is 0. The summed E-state index contributed by atoms with van der Waals surface area (Å²) in [6.45, 7) is 12.2. The zero-order valence-corrected chi connectivity index (χ0v) is 10.3. The zero-order valence-electron chi connectivity index (χ0n) is 10.3. The molecule has 2 unspecified atom stereocenters. The van der Waals surface area contributed by atoms with Crippen molar-refractivity contribution in [2.75, 3.05) is 0 Å². The van der Waals surface area contributed by atoms with Gasteiger partial charge in [-0.2, -0.15) is 0 Å². The minimum absolute atomic E-state index is 0.160. The van der Waals surface area contributed by atoms with E-state index in [0.29, 0.717) is 0 Å². The topological polar surface area (TPSA) is 18.5 Å². The zero-order chi connectivity index (χ0) is 11.1. The largest absolute Gasteiger partial charge is 0.372 e. The molecule has 0 spiro atoms. The van der Waals surface area contributed by atoms with Crippen LogP contribution in [-0.2, 0) is 9.47 Å². The summed E-state index contributed by atoms with van der Waals surface area (Å²) in [5.41, 5.74) is 0. The van der Waals surface area contributed by atoms with E-state index in [1.807, 2.05) is 53.7 Å². The summed E-state index contributed by atoms with van der Waals surface area (Å²) >= 11 is 0. The van der Waals surface area contributed by atoms with E-state index in [2.05, 4.69) is 0 Å². The van der Waals surface area contributed by atoms with Gasteiger partial charge >= 0.3 is 0 Å². The molecule has 2 heteroatoms. The second-order valence-corrected chi connectivity index (χ2v) is 4.16. The van der Waals surface area contributed by atoms with Crippen LogP contribution in [0.4, 0.5) is 0 Å². The van der Waals surface area contributed by atoms with Crippen LogP contribution in [0.3, 0.4) is 0 Å². The van der Waals surface area contributed by atoms with Crippen LogP contribution in [0.15, 0.2) is 12.2 Å². The fraction of sp³-hybridized carbons (Fsp3) is 0.833. The van der Waals surface area contributed by atoms with Crippen LogP contribution < -0.4 is 0 Å². The third-order valence-electron chi connectivity index (χ3n) is 1.63. The van der Waals surface area contributed by atoms with Crippen molar-refractivity contribution in [1.82, 2.24) is 0 Å². The normalized spacial score (nSPS) is 16.9. The number of hydrogen-bond acceptors (Lipinski definition) is 2. The molecule has 0 rings (SSSR count). The van der Waals surface area contributed by atoms with Crippen molar-refractivity contribution in [1.29, 1.82) is 0 Å². The molecule has 0 aromatic heterocycles. The smallest absolute Gasteiger partial charge is 0.0732 e. The van der Waals surface area contributed by atoms with E-state index in [4.69, 9.17) is 9.47 Å². The molecule has 0 heterocycles. The third-order valence-corrected chi connectivity index (χ3v) is 1.63. The van der Waals surface area contributed by atoms with Gasteiger partial charge in [-0.15, -0.1) is 0 Å². The second kappa shape index (κ2) is 7.02. The Morgan fingerprint density at radius 3 is 1.14 bits per heavy atom. The molecule has 0 N–H and O–H groups in total. The molecule has 84 valence electrons. The van der Waals surface area contributed by atoms with E-state index in [0.717, 1.165) is 0 Å². The minimum Gasteiger partial charge on any atom is -0.372 e. The van der Waals surface area contributed by atoms with Crippen LogP contribution in [0.5, 0.6) is 0 Å². The lowest BCUT2D eigenvalue weighted by Crippen LogP contribution is -2.14. The van der Waals surface area contributed by atoms with E-state index in [9.17, 15) is 0 Å². The first kappa shape index (κ1) is 13.7. The maximum atomic E-state index is 5.56. The van der Waals surface area contributed by atoms with Crippen LogP contribution in [0.2, 0.25) is 0 Å². The molecule has 0 aromatic carbocycles. The Labute approximate surface area is 88.3 Å².